The molecule has 1 aliphatic rings. The number of benzene rings is 1. The third kappa shape index (κ3) is 2.36. The molecule has 2 aromatic heterocycles. The highest BCUT2D eigenvalue weighted by molar-refractivity contribution is 6.35. The number of pyridine rings is 1. The molecule has 122 valence electrons. The number of hydrogen-bond donors (Lipinski definition) is 1. The molecule has 1 aliphatic heterocycles. The molecule has 1 amide bonds. The third-order valence-electron chi connectivity index (χ3n) is 4.56. The van der Waals surface area contributed by atoms with Crippen LogP contribution >= 0.6 is 11.6 Å². The number of aromatic amines is 1. The molecule has 0 saturated heterocycles. The molecule has 0 aliphatic carbocycles. The second-order valence-electron chi connectivity index (χ2n) is 5.93. The summed E-state index contributed by atoms with van der Waals surface area (Å²) in [6.45, 7) is 2.73. The van der Waals surface area contributed by atoms with Crippen LogP contribution < -0.4 is 0 Å². The fourth-order valence-electron chi connectivity index (χ4n) is 3.43. The molecule has 3 heterocycles. The van der Waals surface area contributed by atoms with Crippen LogP contribution in [0.4, 0.5) is 0 Å². The maximum Gasteiger partial charge on any atom is 0.290 e. The van der Waals surface area contributed by atoms with E-state index >= 15 is 0 Å². The molecule has 1 N–H and O–H groups in total. The van der Waals surface area contributed by atoms with Crippen LogP contribution in [0.5, 0.6) is 0 Å². The number of rotatable bonds is 2. The SMILES string of the molecule is CCC1c2cccnc2CCN1C(=O)c1nc2c(Cl)cccc2[nH]1. The van der Waals surface area contributed by atoms with Crippen LogP contribution in [-0.4, -0.2) is 32.3 Å². The fourth-order valence-corrected chi connectivity index (χ4v) is 3.65. The fraction of sp³-hybridized carbons (Fsp3) is 0.278. The molecule has 5 nitrogen and oxygen atoms in total. The number of halogens is 1. The molecule has 0 spiro atoms. The maximum absolute atomic E-state index is 13.0. The van der Waals surface area contributed by atoms with E-state index in [2.05, 4.69) is 27.9 Å². The van der Waals surface area contributed by atoms with Crippen molar-refractivity contribution < 1.29 is 4.79 Å². The summed E-state index contributed by atoms with van der Waals surface area (Å²) in [6.07, 6.45) is 3.41. The number of amides is 1. The first kappa shape index (κ1) is 15.1. The van der Waals surface area contributed by atoms with E-state index in [9.17, 15) is 4.79 Å². The van der Waals surface area contributed by atoms with Gasteiger partial charge in [-0.15, -0.1) is 0 Å². The van der Waals surface area contributed by atoms with Crippen LogP contribution in [0, 0.1) is 0 Å². The van der Waals surface area contributed by atoms with Crippen molar-refractivity contribution in [1.29, 1.82) is 0 Å². The Hall–Kier alpha value is -2.40. The number of nitrogens with zero attached hydrogens (tertiary/aromatic N) is 3. The topological polar surface area (TPSA) is 61.9 Å². The van der Waals surface area contributed by atoms with Gasteiger partial charge < -0.3 is 9.88 Å². The molecule has 1 atom stereocenters. The van der Waals surface area contributed by atoms with Gasteiger partial charge in [0.05, 0.1) is 16.6 Å². The summed E-state index contributed by atoms with van der Waals surface area (Å²) in [6, 6.07) is 9.50. The van der Waals surface area contributed by atoms with Crippen molar-refractivity contribution in [3.63, 3.8) is 0 Å². The van der Waals surface area contributed by atoms with Gasteiger partial charge in [-0.05, 0) is 30.2 Å². The van der Waals surface area contributed by atoms with Gasteiger partial charge in [0.15, 0.2) is 5.82 Å². The Morgan fingerprint density at radius 1 is 1.38 bits per heavy atom. The van der Waals surface area contributed by atoms with Crippen molar-refractivity contribution in [1.82, 2.24) is 19.9 Å². The predicted molar refractivity (Wildman–Crippen MR) is 93.1 cm³/mol. The lowest BCUT2D eigenvalue weighted by Crippen LogP contribution is -2.40. The van der Waals surface area contributed by atoms with Gasteiger partial charge in [-0.25, -0.2) is 4.98 Å². The van der Waals surface area contributed by atoms with E-state index in [1.165, 1.54) is 0 Å². The molecule has 24 heavy (non-hydrogen) atoms. The Labute approximate surface area is 144 Å². The number of hydrogen-bond acceptors (Lipinski definition) is 3. The van der Waals surface area contributed by atoms with Crippen LogP contribution in [0.15, 0.2) is 36.5 Å². The Bertz CT molecular complexity index is 920. The van der Waals surface area contributed by atoms with Crippen molar-refractivity contribution in [3.8, 4) is 0 Å². The van der Waals surface area contributed by atoms with E-state index in [0.717, 1.165) is 29.6 Å². The van der Waals surface area contributed by atoms with Gasteiger partial charge in [0.25, 0.3) is 5.91 Å². The smallest absolute Gasteiger partial charge is 0.290 e. The number of carbonyl (C=O) groups is 1. The van der Waals surface area contributed by atoms with E-state index in [1.807, 2.05) is 29.3 Å². The summed E-state index contributed by atoms with van der Waals surface area (Å²) >= 11 is 6.17. The summed E-state index contributed by atoms with van der Waals surface area (Å²) in [7, 11) is 0. The first-order valence-electron chi connectivity index (χ1n) is 8.08. The van der Waals surface area contributed by atoms with Gasteiger partial charge in [-0.2, -0.15) is 0 Å². The zero-order chi connectivity index (χ0) is 16.7. The minimum atomic E-state index is -0.0939. The zero-order valence-corrected chi connectivity index (χ0v) is 14.0. The van der Waals surface area contributed by atoms with E-state index < -0.39 is 0 Å². The van der Waals surface area contributed by atoms with Crippen LogP contribution in [-0.2, 0) is 6.42 Å². The lowest BCUT2D eigenvalue weighted by molar-refractivity contribution is 0.0642. The van der Waals surface area contributed by atoms with E-state index in [0.29, 0.717) is 22.9 Å². The second-order valence-corrected chi connectivity index (χ2v) is 6.34. The second kappa shape index (κ2) is 5.91. The molecule has 0 radical (unpaired) electrons. The standard InChI is InChI=1S/C18H17ClN4O/c1-2-15-11-5-4-9-20-13(11)8-10-23(15)18(24)17-21-14-7-3-6-12(19)16(14)22-17/h3-7,9,15H,2,8,10H2,1H3,(H,21,22). The number of H-pyrrole nitrogens is 1. The van der Waals surface area contributed by atoms with E-state index in [-0.39, 0.29) is 11.9 Å². The van der Waals surface area contributed by atoms with Crippen LogP contribution in [0.1, 0.15) is 41.3 Å². The minimum absolute atomic E-state index is 0.0265. The molecule has 4 rings (SSSR count). The van der Waals surface area contributed by atoms with Gasteiger partial charge >= 0.3 is 0 Å². The Morgan fingerprint density at radius 3 is 3.04 bits per heavy atom. The number of imidazole rings is 1. The van der Waals surface area contributed by atoms with Crippen molar-refractivity contribution in [2.45, 2.75) is 25.8 Å². The van der Waals surface area contributed by atoms with Crippen LogP contribution in [0.3, 0.4) is 0 Å². The van der Waals surface area contributed by atoms with Crippen LogP contribution in [0.25, 0.3) is 11.0 Å². The molecule has 6 heteroatoms. The lowest BCUT2D eigenvalue weighted by Gasteiger charge is -2.35. The van der Waals surface area contributed by atoms with Crippen LogP contribution in [0.2, 0.25) is 5.02 Å². The largest absolute Gasteiger partial charge is 0.334 e. The number of aromatic nitrogens is 3. The van der Waals surface area contributed by atoms with Crippen molar-refractivity contribution in [2.75, 3.05) is 6.54 Å². The van der Waals surface area contributed by atoms with Gasteiger partial charge in [-0.3, -0.25) is 9.78 Å². The number of carbonyl (C=O) groups excluding carboxylic acids is 1. The zero-order valence-electron chi connectivity index (χ0n) is 13.3. The highest BCUT2D eigenvalue weighted by Gasteiger charge is 2.32. The van der Waals surface area contributed by atoms with Gasteiger partial charge in [0.2, 0.25) is 0 Å². The number of nitrogens with one attached hydrogen (secondary N) is 1. The summed E-state index contributed by atoms with van der Waals surface area (Å²) in [5.74, 6) is 0.243. The van der Waals surface area contributed by atoms with Gasteiger partial charge in [0, 0.05) is 24.9 Å². The van der Waals surface area contributed by atoms with E-state index in [4.69, 9.17) is 11.6 Å². The Morgan fingerprint density at radius 2 is 2.25 bits per heavy atom. The molecule has 0 saturated carbocycles. The molecule has 0 bridgehead atoms. The molecule has 1 unspecified atom stereocenters. The predicted octanol–water partition coefficient (Wildman–Crippen LogP) is 3.76. The van der Waals surface area contributed by atoms with Crippen molar-refractivity contribution in [3.05, 3.63) is 58.6 Å². The summed E-state index contributed by atoms with van der Waals surface area (Å²) in [5.41, 5.74) is 3.63. The number of para-hydroxylation sites is 1. The van der Waals surface area contributed by atoms with Crippen molar-refractivity contribution >= 4 is 28.5 Å². The monoisotopic (exact) mass is 340 g/mol. The summed E-state index contributed by atoms with van der Waals surface area (Å²) < 4.78 is 0. The van der Waals surface area contributed by atoms with Gasteiger partial charge in [0.1, 0.15) is 5.52 Å². The first-order valence-corrected chi connectivity index (χ1v) is 8.46. The average molecular weight is 341 g/mol. The lowest BCUT2D eigenvalue weighted by atomic mass is 9.95. The Balaban J connectivity index is 1.72. The molecule has 0 fully saturated rings. The van der Waals surface area contributed by atoms with E-state index in [1.54, 1.807) is 6.07 Å². The molecule has 1 aromatic carbocycles. The summed E-state index contributed by atoms with van der Waals surface area (Å²) in [5, 5.41) is 0.544. The molecule has 3 aromatic rings. The number of fused-ring (bicyclic) bond motifs is 2. The normalized spacial score (nSPS) is 17.1. The average Bonchev–Trinajstić information content (AvgIpc) is 3.06. The minimum Gasteiger partial charge on any atom is -0.334 e. The quantitative estimate of drug-likeness (QED) is 0.772. The Kier molecular flexibility index (Phi) is 3.73. The maximum atomic E-state index is 13.0. The van der Waals surface area contributed by atoms with Crippen molar-refractivity contribution in [2.24, 2.45) is 0 Å². The summed E-state index contributed by atoms with van der Waals surface area (Å²) in [4.78, 5) is 26.9. The molecular formula is C18H17ClN4O. The molecular weight excluding hydrogens is 324 g/mol. The third-order valence-corrected chi connectivity index (χ3v) is 4.87. The first-order chi connectivity index (χ1) is 11.7. The van der Waals surface area contributed by atoms with Gasteiger partial charge in [-0.1, -0.05) is 30.7 Å². The highest BCUT2D eigenvalue weighted by atomic mass is 35.5. The highest BCUT2D eigenvalue weighted by Crippen LogP contribution is 2.32.